The highest BCUT2D eigenvalue weighted by Gasteiger charge is 2.25. The lowest BCUT2D eigenvalue weighted by molar-refractivity contribution is 0.0701. The molecule has 1 atom stereocenters. The number of benzene rings is 1. The summed E-state index contributed by atoms with van der Waals surface area (Å²) in [5, 5.41) is 3.78. The zero-order valence-electron chi connectivity index (χ0n) is 16.6. The number of likely N-dealkylation sites (tertiary alicyclic amines) is 1. The summed E-state index contributed by atoms with van der Waals surface area (Å²) in [5.41, 5.74) is 3.26. The van der Waals surface area contributed by atoms with Gasteiger partial charge in [-0.25, -0.2) is 0 Å². The van der Waals surface area contributed by atoms with Gasteiger partial charge in [-0.3, -0.25) is 4.79 Å². The molecular formula is C22H29BrN2OS. The largest absolute Gasteiger partial charge is 0.339 e. The quantitative estimate of drug-likeness (QED) is 0.640. The van der Waals surface area contributed by atoms with E-state index >= 15 is 0 Å². The van der Waals surface area contributed by atoms with Crippen LogP contribution >= 0.6 is 27.3 Å². The Balaban J connectivity index is 1.56. The van der Waals surface area contributed by atoms with Crippen molar-refractivity contribution in [1.82, 2.24) is 10.2 Å². The molecule has 1 aromatic heterocycles. The number of amides is 1. The van der Waals surface area contributed by atoms with Crippen molar-refractivity contribution in [2.45, 2.75) is 59.0 Å². The molecular weight excluding hydrogens is 420 g/mol. The van der Waals surface area contributed by atoms with E-state index in [1.807, 2.05) is 41.4 Å². The number of nitrogens with one attached hydrogen (secondary N) is 1. The zero-order chi connectivity index (χ0) is 19.6. The minimum absolute atomic E-state index is 0.160. The van der Waals surface area contributed by atoms with Crippen LogP contribution < -0.4 is 5.32 Å². The molecule has 146 valence electrons. The second-order valence-electron chi connectivity index (χ2n) is 7.52. The molecule has 0 radical (unpaired) electrons. The summed E-state index contributed by atoms with van der Waals surface area (Å²) in [5.74, 6) is 0.160. The van der Waals surface area contributed by atoms with Crippen LogP contribution in [-0.4, -0.2) is 29.9 Å². The number of rotatable bonds is 5. The third kappa shape index (κ3) is 4.82. The van der Waals surface area contributed by atoms with Gasteiger partial charge >= 0.3 is 0 Å². The topological polar surface area (TPSA) is 32.3 Å². The average molecular weight is 449 g/mol. The van der Waals surface area contributed by atoms with E-state index in [1.165, 1.54) is 15.3 Å². The van der Waals surface area contributed by atoms with E-state index in [2.05, 4.69) is 48.1 Å². The Labute approximate surface area is 175 Å². The molecule has 1 aromatic carbocycles. The number of hydrogen-bond donors (Lipinski definition) is 1. The maximum Gasteiger partial charge on any atom is 0.254 e. The predicted molar refractivity (Wildman–Crippen MR) is 118 cm³/mol. The highest BCUT2D eigenvalue weighted by molar-refractivity contribution is 9.10. The molecule has 3 rings (SSSR count). The molecule has 0 spiro atoms. The van der Waals surface area contributed by atoms with Gasteiger partial charge in [-0.15, -0.1) is 11.3 Å². The van der Waals surface area contributed by atoms with Crippen molar-refractivity contribution in [3.05, 3.63) is 55.2 Å². The molecule has 1 saturated heterocycles. The van der Waals surface area contributed by atoms with E-state index in [4.69, 9.17) is 0 Å². The molecule has 0 bridgehead atoms. The van der Waals surface area contributed by atoms with Crippen molar-refractivity contribution in [2.75, 3.05) is 13.1 Å². The summed E-state index contributed by atoms with van der Waals surface area (Å²) in [7, 11) is 0. The Bertz CT molecular complexity index is 809. The van der Waals surface area contributed by atoms with E-state index in [0.29, 0.717) is 12.1 Å². The number of aryl methyl sites for hydroxylation is 3. The van der Waals surface area contributed by atoms with Gasteiger partial charge in [-0.05, 0) is 75.4 Å². The summed E-state index contributed by atoms with van der Waals surface area (Å²) in [4.78, 5) is 17.8. The Kier molecular flexibility index (Phi) is 6.77. The Hall–Kier alpha value is -1.17. The molecule has 1 unspecified atom stereocenters. The van der Waals surface area contributed by atoms with Gasteiger partial charge in [0.1, 0.15) is 0 Å². The van der Waals surface area contributed by atoms with E-state index in [-0.39, 0.29) is 5.91 Å². The van der Waals surface area contributed by atoms with E-state index < -0.39 is 0 Å². The number of carbonyl (C=O) groups excluding carboxylic acids is 1. The van der Waals surface area contributed by atoms with Crippen LogP contribution in [0.4, 0.5) is 0 Å². The first-order valence-corrected chi connectivity index (χ1v) is 11.4. The fourth-order valence-electron chi connectivity index (χ4n) is 3.83. The third-order valence-electron chi connectivity index (χ3n) is 5.47. The van der Waals surface area contributed by atoms with Crippen LogP contribution in [0.3, 0.4) is 0 Å². The molecule has 0 saturated carbocycles. The van der Waals surface area contributed by atoms with E-state index in [1.54, 1.807) is 0 Å². The lowest BCUT2D eigenvalue weighted by atomic mass is 10.0. The van der Waals surface area contributed by atoms with Gasteiger partial charge in [0.25, 0.3) is 5.91 Å². The number of thiophene rings is 1. The van der Waals surface area contributed by atoms with Crippen molar-refractivity contribution in [3.63, 3.8) is 0 Å². The molecule has 2 aromatic rings. The maximum atomic E-state index is 12.8. The third-order valence-corrected chi connectivity index (χ3v) is 7.53. The van der Waals surface area contributed by atoms with Gasteiger partial charge in [-0.2, -0.15) is 0 Å². The smallest absolute Gasteiger partial charge is 0.254 e. The Morgan fingerprint density at radius 2 is 1.96 bits per heavy atom. The predicted octanol–water partition coefficient (Wildman–Crippen LogP) is 5.65. The Morgan fingerprint density at radius 3 is 2.56 bits per heavy atom. The minimum atomic E-state index is 0.160. The first-order chi connectivity index (χ1) is 12.9. The summed E-state index contributed by atoms with van der Waals surface area (Å²) in [6.45, 7) is 10.3. The first kappa shape index (κ1) is 20.6. The monoisotopic (exact) mass is 448 g/mol. The van der Waals surface area contributed by atoms with Crippen molar-refractivity contribution < 1.29 is 4.79 Å². The summed E-state index contributed by atoms with van der Waals surface area (Å²) in [6, 6.07) is 9.06. The second-order valence-corrected chi connectivity index (χ2v) is 9.61. The van der Waals surface area contributed by atoms with Crippen LogP contribution in [0.25, 0.3) is 0 Å². The lowest BCUT2D eigenvalue weighted by Crippen LogP contribution is -2.45. The lowest BCUT2D eigenvalue weighted by Gasteiger charge is -2.34. The fourth-order valence-corrected chi connectivity index (χ4v) is 5.44. The highest BCUT2D eigenvalue weighted by atomic mass is 79.9. The minimum Gasteiger partial charge on any atom is -0.339 e. The first-order valence-electron chi connectivity index (χ1n) is 9.79. The van der Waals surface area contributed by atoms with Crippen LogP contribution in [-0.2, 0) is 6.42 Å². The molecule has 27 heavy (non-hydrogen) atoms. The summed E-state index contributed by atoms with van der Waals surface area (Å²) < 4.78 is 1.02. The molecule has 0 aliphatic carbocycles. The van der Waals surface area contributed by atoms with Crippen molar-refractivity contribution >= 4 is 33.2 Å². The summed E-state index contributed by atoms with van der Waals surface area (Å²) in [6.07, 6.45) is 3.13. The zero-order valence-corrected chi connectivity index (χ0v) is 19.0. The Morgan fingerprint density at radius 1 is 1.26 bits per heavy atom. The van der Waals surface area contributed by atoms with Gasteiger partial charge in [-0.1, -0.05) is 22.9 Å². The highest BCUT2D eigenvalue weighted by Crippen LogP contribution is 2.28. The normalized spacial score (nSPS) is 16.6. The van der Waals surface area contributed by atoms with Crippen LogP contribution in [0, 0.1) is 13.8 Å². The summed E-state index contributed by atoms with van der Waals surface area (Å²) >= 11 is 5.40. The van der Waals surface area contributed by atoms with E-state index in [0.717, 1.165) is 48.0 Å². The second kappa shape index (κ2) is 8.89. The fraction of sp³-hybridized carbons (Fsp3) is 0.500. The molecule has 1 N–H and O–H groups in total. The molecule has 2 heterocycles. The molecule has 1 amide bonds. The molecule has 1 aliphatic heterocycles. The van der Waals surface area contributed by atoms with Gasteiger partial charge in [0, 0.05) is 45.0 Å². The van der Waals surface area contributed by atoms with Gasteiger partial charge < -0.3 is 10.2 Å². The van der Waals surface area contributed by atoms with E-state index in [9.17, 15) is 4.79 Å². The van der Waals surface area contributed by atoms with Crippen molar-refractivity contribution in [1.29, 1.82) is 0 Å². The molecule has 1 aliphatic rings. The average Bonchev–Trinajstić information content (AvgIpc) is 3.03. The number of piperidine rings is 1. The number of halogens is 1. The number of hydrogen-bond acceptors (Lipinski definition) is 3. The van der Waals surface area contributed by atoms with Crippen molar-refractivity contribution in [3.8, 4) is 0 Å². The van der Waals surface area contributed by atoms with Crippen LogP contribution in [0.5, 0.6) is 0 Å². The van der Waals surface area contributed by atoms with Crippen LogP contribution in [0.15, 0.2) is 28.7 Å². The number of carbonyl (C=O) groups is 1. The van der Waals surface area contributed by atoms with Gasteiger partial charge in [0.2, 0.25) is 0 Å². The van der Waals surface area contributed by atoms with Gasteiger partial charge in [0.15, 0.2) is 0 Å². The molecule has 3 nitrogen and oxygen atoms in total. The SMILES string of the molecule is CCc1sc(C(C)NC2CCN(C(=O)c3ccc(Br)cc3C)CC2)cc1C. The van der Waals surface area contributed by atoms with Crippen molar-refractivity contribution in [2.24, 2.45) is 0 Å². The molecule has 5 heteroatoms. The van der Waals surface area contributed by atoms with Crippen LogP contribution in [0.1, 0.15) is 64.0 Å². The maximum absolute atomic E-state index is 12.8. The van der Waals surface area contributed by atoms with Crippen LogP contribution in [0.2, 0.25) is 0 Å². The van der Waals surface area contributed by atoms with Gasteiger partial charge in [0.05, 0.1) is 0 Å². The molecule has 1 fully saturated rings. The number of nitrogens with zero attached hydrogens (tertiary/aromatic N) is 1. The standard InChI is InChI=1S/C22H29BrN2OS/c1-5-20-15(3)13-21(27-20)16(4)24-18-8-10-25(11-9-18)22(26)19-7-6-17(23)12-14(19)2/h6-7,12-13,16,18,24H,5,8-11H2,1-4H3.